The first-order valence-corrected chi connectivity index (χ1v) is 7.75. The number of hydrogen-bond acceptors (Lipinski definition) is 3. The molecule has 0 saturated heterocycles. The van der Waals surface area contributed by atoms with E-state index < -0.39 is 6.10 Å². The van der Waals surface area contributed by atoms with E-state index in [1.54, 1.807) is 0 Å². The van der Waals surface area contributed by atoms with Crippen LogP contribution < -0.4 is 5.73 Å². The van der Waals surface area contributed by atoms with Gasteiger partial charge in [-0.15, -0.1) is 0 Å². The van der Waals surface area contributed by atoms with E-state index in [0.717, 1.165) is 24.9 Å². The van der Waals surface area contributed by atoms with E-state index in [2.05, 4.69) is 32.6 Å². The molecule has 0 amide bonds. The molecule has 0 fully saturated rings. The van der Waals surface area contributed by atoms with Crippen molar-refractivity contribution < 1.29 is 5.11 Å². The Morgan fingerprint density at radius 2 is 1.80 bits per heavy atom. The van der Waals surface area contributed by atoms with Gasteiger partial charge in [-0.05, 0) is 36.5 Å². The van der Waals surface area contributed by atoms with Gasteiger partial charge in [0, 0.05) is 24.8 Å². The third-order valence-corrected chi connectivity index (χ3v) is 3.76. The maximum atomic E-state index is 10.5. The smallest absolute Gasteiger partial charge is 0.0917 e. The van der Waals surface area contributed by atoms with Crippen LogP contribution in [0.5, 0.6) is 0 Å². The van der Waals surface area contributed by atoms with Crippen molar-refractivity contribution in [1.29, 1.82) is 0 Å². The molecule has 114 valence electrons. The molecule has 3 N–H and O–H groups in total. The number of rotatable bonds is 8. The molecule has 1 unspecified atom stereocenters. The van der Waals surface area contributed by atoms with E-state index in [9.17, 15) is 5.11 Å². The van der Waals surface area contributed by atoms with Crippen LogP contribution in [0.1, 0.15) is 52.2 Å². The lowest BCUT2D eigenvalue weighted by atomic mass is 10.0. The normalized spacial score (nSPS) is 13.4. The lowest BCUT2D eigenvalue weighted by Gasteiger charge is -2.33. The highest BCUT2D eigenvalue weighted by molar-refractivity contribution is 5.41. The minimum Gasteiger partial charge on any atom is -0.399 e. The van der Waals surface area contributed by atoms with Crippen LogP contribution in [0, 0.1) is 5.92 Å². The summed E-state index contributed by atoms with van der Waals surface area (Å²) < 4.78 is 0. The summed E-state index contributed by atoms with van der Waals surface area (Å²) in [5.41, 5.74) is 7.41. The third-order valence-electron chi connectivity index (χ3n) is 3.76. The second-order valence-electron chi connectivity index (χ2n) is 6.00. The molecule has 0 aromatic heterocycles. The van der Waals surface area contributed by atoms with Gasteiger partial charge in [-0.1, -0.05) is 39.8 Å². The van der Waals surface area contributed by atoms with Crippen LogP contribution in [0.4, 0.5) is 5.69 Å². The first-order chi connectivity index (χ1) is 9.47. The van der Waals surface area contributed by atoms with Crippen molar-refractivity contribution in [2.24, 2.45) is 5.92 Å². The zero-order valence-electron chi connectivity index (χ0n) is 13.3. The molecule has 1 aromatic rings. The summed E-state index contributed by atoms with van der Waals surface area (Å²) in [6.45, 7) is 10.6. The Labute approximate surface area is 123 Å². The molecule has 3 nitrogen and oxygen atoms in total. The van der Waals surface area contributed by atoms with Gasteiger partial charge in [0.15, 0.2) is 0 Å². The van der Waals surface area contributed by atoms with E-state index in [0.29, 0.717) is 24.2 Å². The summed E-state index contributed by atoms with van der Waals surface area (Å²) in [7, 11) is 0. The Bertz CT molecular complexity index is 388. The minimum absolute atomic E-state index is 0.474. The number of nitrogen functional groups attached to an aromatic ring is 1. The minimum atomic E-state index is -0.474. The number of aliphatic hydroxyl groups excluding tert-OH is 1. The van der Waals surface area contributed by atoms with Gasteiger partial charge in [-0.25, -0.2) is 0 Å². The number of aliphatic hydroxyl groups is 1. The Morgan fingerprint density at radius 3 is 2.30 bits per heavy atom. The first kappa shape index (κ1) is 17.0. The predicted molar refractivity (Wildman–Crippen MR) is 86.6 cm³/mol. The van der Waals surface area contributed by atoms with E-state index >= 15 is 0 Å². The molecular weight excluding hydrogens is 248 g/mol. The maximum absolute atomic E-state index is 10.5. The van der Waals surface area contributed by atoms with Crippen LogP contribution in [-0.4, -0.2) is 29.1 Å². The molecule has 1 atom stereocenters. The highest BCUT2D eigenvalue weighted by Crippen LogP contribution is 2.20. The number of nitrogens with two attached hydrogens (primary N) is 1. The zero-order chi connectivity index (χ0) is 15.1. The molecule has 0 aliphatic heterocycles. The lowest BCUT2D eigenvalue weighted by molar-refractivity contribution is 0.0751. The number of nitrogens with zero attached hydrogens (tertiary/aromatic N) is 1. The van der Waals surface area contributed by atoms with E-state index in [-0.39, 0.29) is 0 Å². The summed E-state index contributed by atoms with van der Waals surface area (Å²) in [4.78, 5) is 2.42. The van der Waals surface area contributed by atoms with Crippen LogP contribution in [0.2, 0.25) is 0 Å². The van der Waals surface area contributed by atoms with Crippen LogP contribution in [0.3, 0.4) is 0 Å². The Balaban J connectivity index is 2.77. The van der Waals surface area contributed by atoms with E-state index in [1.807, 2.05) is 24.3 Å². The Morgan fingerprint density at radius 1 is 1.15 bits per heavy atom. The van der Waals surface area contributed by atoms with Crippen molar-refractivity contribution in [2.75, 3.05) is 18.8 Å². The largest absolute Gasteiger partial charge is 0.399 e. The van der Waals surface area contributed by atoms with Crippen molar-refractivity contribution in [3.63, 3.8) is 0 Å². The van der Waals surface area contributed by atoms with Crippen LogP contribution in [-0.2, 0) is 0 Å². The second kappa shape index (κ2) is 8.28. The van der Waals surface area contributed by atoms with Crippen molar-refractivity contribution >= 4 is 5.69 Å². The fourth-order valence-electron chi connectivity index (χ4n) is 2.74. The molecule has 0 saturated carbocycles. The zero-order valence-corrected chi connectivity index (χ0v) is 13.3. The monoisotopic (exact) mass is 278 g/mol. The van der Waals surface area contributed by atoms with Crippen molar-refractivity contribution in [2.45, 2.75) is 52.7 Å². The van der Waals surface area contributed by atoms with Crippen molar-refractivity contribution in [3.05, 3.63) is 29.8 Å². The van der Waals surface area contributed by atoms with Crippen LogP contribution in [0.15, 0.2) is 24.3 Å². The average Bonchev–Trinajstić information content (AvgIpc) is 2.39. The fourth-order valence-corrected chi connectivity index (χ4v) is 2.74. The number of hydrogen-bond donors (Lipinski definition) is 2. The standard InChI is InChI=1S/C17H30N2O/c1-5-16(6-2)19(11-13(3)4)12-17(20)14-8-7-9-15(18)10-14/h7-10,13,16-17,20H,5-6,11-12,18H2,1-4H3. The van der Waals surface area contributed by atoms with Gasteiger partial charge >= 0.3 is 0 Å². The molecule has 0 heterocycles. The summed E-state index contributed by atoms with van der Waals surface area (Å²) in [6.07, 6.45) is 1.76. The molecule has 0 bridgehead atoms. The lowest BCUT2D eigenvalue weighted by Crippen LogP contribution is -2.40. The van der Waals surface area contributed by atoms with Crippen molar-refractivity contribution in [1.82, 2.24) is 4.90 Å². The predicted octanol–water partition coefficient (Wildman–Crippen LogP) is 3.45. The molecule has 0 radical (unpaired) electrons. The molecule has 0 spiro atoms. The first-order valence-electron chi connectivity index (χ1n) is 7.75. The summed E-state index contributed by atoms with van der Waals surface area (Å²) in [5.74, 6) is 0.601. The quantitative estimate of drug-likeness (QED) is 0.716. The van der Waals surface area contributed by atoms with Crippen LogP contribution in [0.25, 0.3) is 0 Å². The highest BCUT2D eigenvalue weighted by Gasteiger charge is 2.20. The maximum Gasteiger partial charge on any atom is 0.0917 e. The molecule has 1 rings (SSSR count). The van der Waals surface area contributed by atoms with E-state index in [1.165, 1.54) is 0 Å². The topological polar surface area (TPSA) is 49.5 Å². The van der Waals surface area contributed by atoms with Gasteiger partial charge < -0.3 is 10.8 Å². The summed E-state index contributed by atoms with van der Waals surface area (Å²) in [5, 5.41) is 10.5. The van der Waals surface area contributed by atoms with Gasteiger partial charge in [0.1, 0.15) is 0 Å². The van der Waals surface area contributed by atoms with Gasteiger partial charge in [0.05, 0.1) is 6.10 Å². The SMILES string of the molecule is CCC(CC)N(CC(C)C)CC(O)c1cccc(N)c1. The van der Waals surface area contributed by atoms with Gasteiger partial charge in [0.2, 0.25) is 0 Å². The second-order valence-corrected chi connectivity index (χ2v) is 6.00. The van der Waals surface area contributed by atoms with Crippen LogP contribution >= 0.6 is 0 Å². The number of benzene rings is 1. The molecule has 0 aliphatic rings. The molecule has 3 heteroatoms. The Hall–Kier alpha value is -1.06. The average molecular weight is 278 g/mol. The van der Waals surface area contributed by atoms with Gasteiger partial charge in [-0.2, -0.15) is 0 Å². The fraction of sp³-hybridized carbons (Fsp3) is 0.647. The van der Waals surface area contributed by atoms with Gasteiger partial charge in [0.25, 0.3) is 0 Å². The molecular formula is C17H30N2O. The molecule has 0 aliphatic carbocycles. The van der Waals surface area contributed by atoms with Crippen molar-refractivity contribution in [3.8, 4) is 0 Å². The molecule has 20 heavy (non-hydrogen) atoms. The van der Waals surface area contributed by atoms with E-state index in [4.69, 9.17) is 5.73 Å². The number of anilines is 1. The summed E-state index contributed by atoms with van der Waals surface area (Å²) in [6, 6.07) is 8.10. The summed E-state index contributed by atoms with van der Waals surface area (Å²) >= 11 is 0. The molecule has 1 aromatic carbocycles. The Kier molecular flexibility index (Phi) is 7.03. The van der Waals surface area contributed by atoms with Gasteiger partial charge in [-0.3, -0.25) is 4.90 Å². The third kappa shape index (κ3) is 5.14. The highest BCUT2D eigenvalue weighted by atomic mass is 16.3.